The zero-order valence-electron chi connectivity index (χ0n) is 17.8. The van der Waals surface area contributed by atoms with Crippen molar-refractivity contribution in [3.63, 3.8) is 0 Å². The molecule has 0 atom stereocenters. The summed E-state index contributed by atoms with van der Waals surface area (Å²) >= 11 is 6.09. The van der Waals surface area contributed by atoms with Gasteiger partial charge in [-0.1, -0.05) is 30.7 Å². The Kier molecular flexibility index (Phi) is 6.38. The lowest BCUT2D eigenvalue weighted by Gasteiger charge is -2.14. The van der Waals surface area contributed by atoms with E-state index in [1.165, 1.54) is 24.4 Å². The van der Waals surface area contributed by atoms with Crippen LogP contribution in [0.1, 0.15) is 28.4 Å². The molecule has 0 aliphatic rings. The Balaban J connectivity index is 1.72. The zero-order chi connectivity index (χ0) is 23.5. The highest BCUT2D eigenvalue weighted by Crippen LogP contribution is 2.20. The molecule has 33 heavy (non-hydrogen) atoms. The standard InChI is InChI=1S/C26H20ClFN2O3/c1-2-16-3-10-20(11-4-16)29-24(31)15-30-14-22(25(32)17-5-8-19(28)9-6-17)26(33)21-13-18(27)7-12-23(21)30/h3-14H,2,15H2,1H3,(H,29,31). The van der Waals surface area contributed by atoms with Crippen LogP contribution >= 0.6 is 11.6 Å². The predicted molar refractivity (Wildman–Crippen MR) is 128 cm³/mol. The molecule has 166 valence electrons. The number of ketones is 1. The molecule has 1 aromatic heterocycles. The Morgan fingerprint density at radius 2 is 1.70 bits per heavy atom. The number of pyridine rings is 1. The molecule has 0 saturated carbocycles. The number of hydrogen-bond donors (Lipinski definition) is 1. The average molecular weight is 463 g/mol. The van der Waals surface area contributed by atoms with Crippen molar-refractivity contribution in [2.75, 3.05) is 5.32 Å². The highest BCUT2D eigenvalue weighted by Gasteiger charge is 2.18. The number of carbonyl (C=O) groups is 2. The van der Waals surface area contributed by atoms with Gasteiger partial charge in [0.2, 0.25) is 11.3 Å². The molecule has 7 heteroatoms. The van der Waals surface area contributed by atoms with Gasteiger partial charge in [0.25, 0.3) is 0 Å². The molecular weight excluding hydrogens is 443 g/mol. The third-order valence-electron chi connectivity index (χ3n) is 5.35. The van der Waals surface area contributed by atoms with Gasteiger partial charge in [0.15, 0.2) is 5.78 Å². The molecule has 0 aliphatic heterocycles. The molecule has 0 unspecified atom stereocenters. The molecule has 1 amide bonds. The van der Waals surface area contributed by atoms with Crippen molar-refractivity contribution in [2.45, 2.75) is 19.9 Å². The first-order chi connectivity index (χ1) is 15.9. The summed E-state index contributed by atoms with van der Waals surface area (Å²) < 4.78 is 14.8. The number of nitrogens with one attached hydrogen (secondary N) is 1. The fourth-order valence-corrected chi connectivity index (χ4v) is 3.77. The number of nitrogens with zero attached hydrogens (tertiary/aromatic N) is 1. The molecule has 0 spiro atoms. The van der Waals surface area contributed by atoms with Gasteiger partial charge < -0.3 is 9.88 Å². The maximum atomic E-state index is 13.3. The van der Waals surface area contributed by atoms with Crippen molar-refractivity contribution < 1.29 is 14.0 Å². The van der Waals surface area contributed by atoms with E-state index in [1.807, 2.05) is 31.2 Å². The molecule has 0 saturated heterocycles. The van der Waals surface area contributed by atoms with Crippen LogP contribution in [-0.4, -0.2) is 16.3 Å². The van der Waals surface area contributed by atoms with Crippen LogP contribution in [0.4, 0.5) is 10.1 Å². The fourth-order valence-electron chi connectivity index (χ4n) is 3.60. The van der Waals surface area contributed by atoms with Crippen LogP contribution in [0.15, 0.2) is 77.7 Å². The molecule has 1 N–H and O–H groups in total. The number of benzene rings is 3. The topological polar surface area (TPSA) is 68.2 Å². The maximum Gasteiger partial charge on any atom is 0.244 e. The summed E-state index contributed by atoms with van der Waals surface area (Å²) in [6.45, 7) is 1.92. The molecule has 4 rings (SSSR count). The Hall–Kier alpha value is -3.77. The Morgan fingerprint density at radius 1 is 1.00 bits per heavy atom. The molecule has 0 aliphatic carbocycles. The Labute approximate surface area is 194 Å². The number of amides is 1. The van der Waals surface area contributed by atoms with Gasteiger partial charge >= 0.3 is 0 Å². The largest absolute Gasteiger partial charge is 0.337 e. The number of carbonyl (C=O) groups excluding carboxylic acids is 2. The third kappa shape index (κ3) is 4.86. The van der Waals surface area contributed by atoms with Crippen LogP contribution < -0.4 is 10.7 Å². The van der Waals surface area contributed by atoms with Crippen LogP contribution in [0.3, 0.4) is 0 Å². The van der Waals surface area contributed by atoms with Crippen LogP contribution in [0.2, 0.25) is 5.02 Å². The smallest absolute Gasteiger partial charge is 0.244 e. The molecule has 3 aromatic carbocycles. The summed E-state index contributed by atoms with van der Waals surface area (Å²) in [7, 11) is 0. The van der Waals surface area contributed by atoms with Crippen LogP contribution in [-0.2, 0) is 17.8 Å². The van der Waals surface area contributed by atoms with Crippen LogP contribution in [0.25, 0.3) is 10.9 Å². The van der Waals surface area contributed by atoms with Crippen molar-refractivity contribution in [3.05, 3.63) is 111 Å². The number of hydrogen-bond acceptors (Lipinski definition) is 3. The van der Waals surface area contributed by atoms with E-state index in [0.29, 0.717) is 16.2 Å². The number of halogens is 2. The second-order valence-electron chi connectivity index (χ2n) is 7.60. The number of rotatable bonds is 6. The summed E-state index contributed by atoms with van der Waals surface area (Å²) in [6, 6.07) is 17.2. The minimum Gasteiger partial charge on any atom is -0.337 e. The van der Waals surface area contributed by atoms with Crippen molar-refractivity contribution >= 4 is 39.9 Å². The van der Waals surface area contributed by atoms with E-state index in [2.05, 4.69) is 5.32 Å². The van der Waals surface area contributed by atoms with Gasteiger partial charge in [-0.3, -0.25) is 14.4 Å². The average Bonchev–Trinajstić information content (AvgIpc) is 2.81. The second-order valence-corrected chi connectivity index (χ2v) is 8.03. The molecule has 1 heterocycles. The lowest BCUT2D eigenvalue weighted by atomic mass is 10.0. The van der Waals surface area contributed by atoms with E-state index in [4.69, 9.17) is 11.6 Å². The Bertz CT molecular complexity index is 1410. The van der Waals surface area contributed by atoms with E-state index >= 15 is 0 Å². The molecule has 0 radical (unpaired) electrons. The van der Waals surface area contributed by atoms with Gasteiger partial charge in [-0.2, -0.15) is 0 Å². The van der Waals surface area contributed by atoms with Gasteiger partial charge in [0.1, 0.15) is 12.4 Å². The van der Waals surface area contributed by atoms with E-state index in [9.17, 15) is 18.8 Å². The molecule has 5 nitrogen and oxygen atoms in total. The van der Waals surface area contributed by atoms with Crippen LogP contribution in [0.5, 0.6) is 0 Å². The highest BCUT2D eigenvalue weighted by atomic mass is 35.5. The van der Waals surface area contributed by atoms with Crippen molar-refractivity contribution in [1.82, 2.24) is 4.57 Å². The molecule has 0 fully saturated rings. The third-order valence-corrected chi connectivity index (χ3v) is 5.59. The van der Waals surface area contributed by atoms with Gasteiger partial charge in [-0.15, -0.1) is 0 Å². The molecule has 0 bridgehead atoms. The van der Waals surface area contributed by atoms with Crippen molar-refractivity contribution in [2.24, 2.45) is 0 Å². The summed E-state index contributed by atoms with van der Waals surface area (Å²) in [5, 5.41) is 3.38. The van der Waals surface area contributed by atoms with Gasteiger partial charge in [0.05, 0.1) is 11.1 Å². The zero-order valence-corrected chi connectivity index (χ0v) is 18.5. The maximum absolute atomic E-state index is 13.3. The summed E-state index contributed by atoms with van der Waals surface area (Å²) in [4.78, 5) is 38.9. The number of fused-ring (bicyclic) bond motifs is 1. The van der Waals surface area contributed by atoms with Gasteiger partial charge in [-0.25, -0.2) is 4.39 Å². The van der Waals surface area contributed by atoms with Gasteiger partial charge in [-0.05, 0) is 66.6 Å². The lowest BCUT2D eigenvalue weighted by molar-refractivity contribution is -0.116. The molecular formula is C26H20ClFN2O3. The first-order valence-corrected chi connectivity index (χ1v) is 10.7. The first kappa shape index (κ1) is 22.4. The predicted octanol–water partition coefficient (Wildman–Crippen LogP) is 5.23. The Morgan fingerprint density at radius 3 is 2.36 bits per heavy atom. The minimum atomic E-state index is -0.564. The monoisotopic (exact) mass is 462 g/mol. The minimum absolute atomic E-state index is 0.127. The van der Waals surface area contributed by atoms with E-state index in [-0.39, 0.29) is 29.0 Å². The van der Waals surface area contributed by atoms with Crippen LogP contribution in [0, 0.1) is 5.82 Å². The first-order valence-electron chi connectivity index (χ1n) is 10.4. The van der Waals surface area contributed by atoms with Crippen molar-refractivity contribution in [1.29, 1.82) is 0 Å². The fraction of sp³-hybridized carbons (Fsp3) is 0.115. The summed E-state index contributed by atoms with van der Waals surface area (Å²) in [5.74, 6) is -1.37. The second kappa shape index (κ2) is 9.38. The van der Waals surface area contributed by atoms with Crippen molar-refractivity contribution in [3.8, 4) is 0 Å². The summed E-state index contributed by atoms with van der Waals surface area (Å²) in [5.41, 5.74) is 1.80. The lowest BCUT2D eigenvalue weighted by Crippen LogP contribution is -2.24. The van der Waals surface area contributed by atoms with E-state index in [0.717, 1.165) is 24.1 Å². The molecule has 4 aromatic rings. The van der Waals surface area contributed by atoms with E-state index < -0.39 is 17.0 Å². The quantitative estimate of drug-likeness (QED) is 0.399. The summed E-state index contributed by atoms with van der Waals surface area (Å²) in [6.07, 6.45) is 2.26. The van der Waals surface area contributed by atoms with E-state index in [1.54, 1.807) is 16.7 Å². The number of aryl methyl sites for hydroxylation is 1. The normalized spacial score (nSPS) is 10.9. The SMILES string of the molecule is CCc1ccc(NC(=O)Cn2cc(C(=O)c3ccc(F)cc3)c(=O)c3cc(Cl)ccc32)cc1. The number of aromatic nitrogens is 1. The highest BCUT2D eigenvalue weighted by molar-refractivity contribution is 6.31. The number of anilines is 1. The van der Waals surface area contributed by atoms with Gasteiger partial charge in [0, 0.05) is 27.9 Å².